The summed E-state index contributed by atoms with van der Waals surface area (Å²) < 4.78 is 11.3. The number of anilines is 2. The molecule has 0 saturated carbocycles. The highest BCUT2D eigenvalue weighted by molar-refractivity contribution is 7.13. The van der Waals surface area contributed by atoms with Crippen molar-refractivity contribution in [1.82, 2.24) is 19.8 Å². The second-order valence-corrected chi connectivity index (χ2v) is 11.9. The predicted molar refractivity (Wildman–Crippen MR) is 161 cm³/mol. The molecule has 3 fully saturated rings. The van der Waals surface area contributed by atoms with Crippen LogP contribution in [0, 0.1) is 0 Å². The minimum Gasteiger partial charge on any atom is -0.494 e. The molecule has 3 aliphatic heterocycles. The molecule has 1 unspecified atom stereocenters. The van der Waals surface area contributed by atoms with E-state index in [4.69, 9.17) is 19.4 Å². The number of fused-ring (bicyclic) bond motifs is 1. The first kappa shape index (κ1) is 28.1. The van der Waals surface area contributed by atoms with Gasteiger partial charge in [0.25, 0.3) is 0 Å². The van der Waals surface area contributed by atoms with Gasteiger partial charge in [0, 0.05) is 75.7 Å². The van der Waals surface area contributed by atoms with E-state index in [2.05, 4.69) is 32.2 Å². The molecule has 1 amide bonds. The number of nitrogens with zero attached hydrogens (tertiary/aromatic N) is 6. The predicted octanol–water partition coefficient (Wildman–Crippen LogP) is 3.16. The number of carbonyl (C=O) groups excluding carboxylic acids is 1. The molecule has 11 heteroatoms. The van der Waals surface area contributed by atoms with Crippen LogP contribution in [0.15, 0.2) is 35.8 Å². The number of aliphatic hydroxyl groups excluding tert-OH is 1. The molecule has 3 saturated heterocycles. The van der Waals surface area contributed by atoms with Crippen molar-refractivity contribution in [2.45, 2.75) is 37.8 Å². The molecule has 220 valence electrons. The van der Waals surface area contributed by atoms with E-state index in [1.165, 1.54) is 0 Å². The van der Waals surface area contributed by atoms with Crippen molar-refractivity contribution in [3.8, 4) is 5.75 Å². The Hall–Kier alpha value is -2.99. The lowest BCUT2D eigenvalue weighted by Gasteiger charge is -2.34. The van der Waals surface area contributed by atoms with Gasteiger partial charge in [0.2, 0.25) is 5.91 Å². The molecule has 1 atom stereocenters. The molecule has 0 radical (unpaired) electrons. The number of aliphatic hydroxyl groups is 1. The largest absolute Gasteiger partial charge is 0.494 e. The molecule has 1 N–H and O–H groups in total. The maximum Gasteiger partial charge on any atom is 0.224 e. The zero-order valence-electron chi connectivity index (χ0n) is 23.8. The van der Waals surface area contributed by atoms with E-state index < -0.39 is 0 Å². The number of piperidine rings is 1. The Balaban J connectivity index is 1.24. The summed E-state index contributed by atoms with van der Waals surface area (Å²) in [6.07, 6.45) is 4.17. The third-order valence-electron chi connectivity index (χ3n) is 8.54. The maximum absolute atomic E-state index is 13.6. The Labute approximate surface area is 245 Å². The summed E-state index contributed by atoms with van der Waals surface area (Å²) in [4.78, 5) is 32.4. The maximum atomic E-state index is 13.6. The number of aromatic nitrogens is 2. The second-order valence-electron chi connectivity index (χ2n) is 11.1. The van der Waals surface area contributed by atoms with Gasteiger partial charge in [-0.2, -0.15) is 0 Å². The molecule has 3 aliphatic rings. The lowest BCUT2D eigenvalue weighted by atomic mass is 10.0. The Kier molecular flexibility index (Phi) is 8.85. The summed E-state index contributed by atoms with van der Waals surface area (Å²) in [6, 6.07) is 8.04. The molecule has 10 nitrogen and oxygen atoms in total. The number of carbonyl (C=O) groups is 1. The van der Waals surface area contributed by atoms with Crippen LogP contribution in [0.3, 0.4) is 0 Å². The van der Waals surface area contributed by atoms with Crippen molar-refractivity contribution < 1.29 is 19.4 Å². The summed E-state index contributed by atoms with van der Waals surface area (Å²) >= 11 is 1.66. The highest BCUT2D eigenvalue weighted by atomic mass is 32.1. The van der Waals surface area contributed by atoms with Crippen molar-refractivity contribution in [1.29, 1.82) is 0 Å². The lowest BCUT2D eigenvalue weighted by Crippen LogP contribution is -2.42. The van der Waals surface area contributed by atoms with Gasteiger partial charge in [0.1, 0.15) is 11.4 Å². The summed E-state index contributed by atoms with van der Waals surface area (Å²) in [7, 11) is 1.72. The number of rotatable bonds is 7. The SMILES string of the molecule is COc1ccc2cccnc2c1N1CCCN(C(CC(=O)N2CCC(O)CC2)c2csc(N3CCOCC3)n2)CC1. The number of amides is 1. The summed E-state index contributed by atoms with van der Waals surface area (Å²) in [6.45, 7) is 7.69. The third-order valence-corrected chi connectivity index (χ3v) is 9.46. The molecular weight excluding hydrogens is 540 g/mol. The minimum atomic E-state index is -0.304. The third kappa shape index (κ3) is 6.28. The molecule has 5 heterocycles. The van der Waals surface area contributed by atoms with Gasteiger partial charge in [0.05, 0.1) is 43.7 Å². The first-order valence-electron chi connectivity index (χ1n) is 14.8. The van der Waals surface area contributed by atoms with E-state index in [0.717, 1.165) is 78.9 Å². The van der Waals surface area contributed by atoms with Crippen molar-refractivity contribution in [3.05, 3.63) is 41.5 Å². The van der Waals surface area contributed by atoms with Gasteiger partial charge >= 0.3 is 0 Å². The Bertz CT molecular complexity index is 1320. The summed E-state index contributed by atoms with van der Waals surface area (Å²) in [5, 5.41) is 14.2. The van der Waals surface area contributed by atoms with Gasteiger partial charge in [-0.1, -0.05) is 6.07 Å². The number of hydrogen-bond acceptors (Lipinski definition) is 10. The average molecular weight is 581 g/mol. The zero-order valence-corrected chi connectivity index (χ0v) is 24.6. The first-order chi connectivity index (χ1) is 20.1. The fourth-order valence-electron chi connectivity index (χ4n) is 6.21. The molecule has 41 heavy (non-hydrogen) atoms. The Morgan fingerprint density at radius 2 is 1.90 bits per heavy atom. The number of ether oxygens (including phenoxy) is 2. The van der Waals surface area contributed by atoms with Crippen LogP contribution in [-0.4, -0.2) is 110 Å². The number of pyridine rings is 1. The van der Waals surface area contributed by atoms with E-state index in [1.54, 1.807) is 18.4 Å². The molecule has 0 spiro atoms. The summed E-state index contributed by atoms with van der Waals surface area (Å²) in [5.74, 6) is 0.974. The number of methoxy groups -OCH3 is 1. The van der Waals surface area contributed by atoms with Crippen molar-refractivity contribution in [2.75, 3.05) is 82.5 Å². The van der Waals surface area contributed by atoms with Crippen LogP contribution in [-0.2, 0) is 9.53 Å². The molecule has 1 aromatic carbocycles. The van der Waals surface area contributed by atoms with E-state index >= 15 is 0 Å². The van der Waals surface area contributed by atoms with Crippen LogP contribution >= 0.6 is 11.3 Å². The van der Waals surface area contributed by atoms with Crippen LogP contribution in [0.5, 0.6) is 5.75 Å². The Morgan fingerprint density at radius 3 is 2.71 bits per heavy atom. The van der Waals surface area contributed by atoms with Gasteiger partial charge in [-0.3, -0.25) is 14.7 Å². The van der Waals surface area contributed by atoms with Crippen LogP contribution in [0.25, 0.3) is 10.9 Å². The molecule has 6 rings (SSSR count). The topological polar surface area (TPSA) is 94.5 Å². The molecule has 3 aromatic rings. The fraction of sp³-hybridized carbons (Fsp3) is 0.567. The summed E-state index contributed by atoms with van der Waals surface area (Å²) in [5.41, 5.74) is 2.96. The van der Waals surface area contributed by atoms with Gasteiger partial charge < -0.3 is 29.3 Å². The second kappa shape index (κ2) is 12.9. The van der Waals surface area contributed by atoms with Crippen molar-refractivity contribution in [3.63, 3.8) is 0 Å². The molecule has 2 aromatic heterocycles. The first-order valence-corrected chi connectivity index (χ1v) is 15.6. The number of benzene rings is 1. The van der Waals surface area contributed by atoms with E-state index in [-0.39, 0.29) is 18.1 Å². The lowest BCUT2D eigenvalue weighted by molar-refractivity contribution is -0.134. The van der Waals surface area contributed by atoms with Gasteiger partial charge in [-0.25, -0.2) is 4.98 Å². The number of morpholine rings is 1. The van der Waals surface area contributed by atoms with E-state index in [9.17, 15) is 9.90 Å². The van der Waals surface area contributed by atoms with Crippen molar-refractivity contribution >= 4 is 39.0 Å². The van der Waals surface area contributed by atoms with Gasteiger partial charge in [-0.15, -0.1) is 11.3 Å². The normalized spacial score (nSPS) is 20.3. The highest BCUT2D eigenvalue weighted by Crippen LogP contribution is 2.37. The Morgan fingerprint density at radius 1 is 1.07 bits per heavy atom. The standard InChI is InChI=1S/C30H40N6O4S/c1-39-26-6-5-22-4-2-9-31-28(22)29(26)35-11-3-10-33(14-15-35)25(20-27(38)34-12-7-23(37)8-13-34)24-21-41-30(32-24)36-16-18-40-19-17-36/h2,4-6,9,21,23,25,37H,3,7-8,10-20H2,1H3. The fourth-order valence-corrected chi connectivity index (χ4v) is 7.14. The number of thiazole rings is 1. The quantitative estimate of drug-likeness (QED) is 0.452. The van der Waals surface area contributed by atoms with Crippen LogP contribution in [0.1, 0.15) is 37.4 Å². The van der Waals surface area contributed by atoms with Gasteiger partial charge in [0.15, 0.2) is 5.13 Å². The van der Waals surface area contributed by atoms with Gasteiger partial charge in [-0.05, 0) is 37.5 Å². The van der Waals surface area contributed by atoms with Crippen LogP contribution in [0.4, 0.5) is 10.8 Å². The molecular formula is C30H40N6O4S. The highest BCUT2D eigenvalue weighted by Gasteiger charge is 2.32. The van der Waals surface area contributed by atoms with Crippen molar-refractivity contribution in [2.24, 2.45) is 0 Å². The monoisotopic (exact) mass is 580 g/mol. The molecule has 0 aliphatic carbocycles. The van der Waals surface area contributed by atoms with E-state index in [0.29, 0.717) is 45.6 Å². The minimum absolute atomic E-state index is 0.104. The van der Waals surface area contributed by atoms with E-state index in [1.807, 2.05) is 23.2 Å². The van der Waals surface area contributed by atoms with Crippen LogP contribution in [0.2, 0.25) is 0 Å². The number of hydrogen-bond donors (Lipinski definition) is 1. The van der Waals surface area contributed by atoms with Crippen LogP contribution < -0.4 is 14.5 Å². The smallest absolute Gasteiger partial charge is 0.224 e. The molecule has 0 bridgehead atoms. The number of likely N-dealkylation sites (tertiary alicyclic amines) is 1. The zero-order chi connectivity index (χ0) is 28.2. The average Bonchev–Trinajstić information content (AvgIpc) is 3.38.